The first-order valence-corrected chi connectivity index (χ1v) is 9.76. The van der Waals surface area contributed by atoms with Gasteiger partial charge < -0.3 is 0 Å². The van der Waals surface area contributed by atoms with Gasteiger partial charge in [0.25, 0.3) is 0 Å². The van der Waals surface area contributed by atoms with Crippen molar-refractivity contribution in [2.45, 2.75) is 20.8 Å². The molecule has 0 aromatic heterocycles. The van der Waals surface area contributed by atoms with E-state index in [-0.39, 0.29) is 0 Å². The van der Waals surface area contributed by atoms with E-state index in [0.717, 1.165) is 6.54 Å². The number of rotatable bonds is 4. The zero-order valence-corrected chi connectivity index (χ0v) is 12.0. The first kappa shape index (κ1) is 11.2. The number of alkyl halides is 2. The van der Waals surface area contributed by atoms with Gasteiger partial charge in [0, 0.05) is 0 Å². The molecule has 0 radical (unpaired) electrons. The molecular weight excluding hydrogens is 297 g/mol. The van der Waals surface area contributed by atoms with Crippen LogP contribution in [0.15, 0.2) is 18.2 Å². The summed E-state index contributed by atoms with van der Waals surface area (Å²) < 4.78 is 4.75. The van der Waals surface area contributed by atoms with Gasteiger partial charge in [0.05, 0.1) is 0 Å². The Morgan fingerprint density at radius 2 is 2.07 bits per heavy atom. The van der Waals surface area contributed by atoms with Crippen molar-refractivity contribution >= 4 is 25.5 Å². The molecule has 0 saturated carbocycles. The molecule has 1 aromatic rings. The fraction of sp³-hybridized carbons (Fsp3) is 0.538. The number of hydrogen-bond donors (Lipinski definition) is 1. The van der Waals surface area contributed by atoms with Gasteiger partial charge in [-0.1, -0.05) is 0 Å². The molecule has 2 rings (SSSR count). The third kappa shape index (κ3) is 3.10. The third-order valence-electron chi connectivity index (χ3n) is 2.59. The van der Waals surface area contributed by atoms with Crippen molar-refractivity contribution in [3.8, 4) is 0 Å². The van der Waals surface area contributed by atoms with E-state index in [1.807, 2.05) is 0 Å². The van der Waals surface area contributed by atoms with Crippen molar-refractivity contribution in [2.75, 3.05) is 20.7 Å². The van der Waals surface area contributed by atoms with E-state index < -0.39 is 19.8 Å². The van der Waals surface area contributed by atoms with Crippen LogP contribution in [0.25, 0.3) is 0 Å². The average Bonchev–Trinajstić information content (AvgIpc) is 3.00. The van der Waals surface area contributed by atoms with Crippen LogP contribution in [0.1, 0.15) is 19.4 Å². The summed E-state index contributed by atoms with van der Waals surface area (Å²) in [5.41, 5.74) is 2.75. The van der Waals surface area contributed by atoms with Gasteiger partial charge in [0.2, 0.25) is 0 Å². The summed E-state index contributed by atoms with van der Waals surface area (Å²) in [4.78, 5) is 0. The standard InChI is InChI=1S/C13H20IN/c1-10(2)9-15-13-8-12(14-6-7-14)5-4-11(13)3/h4-5,8,10,15H,6-7,9H2,1-3H3. The molecule has 0 aliphatic carbocycles. The second-order valence-electron chi connectivity index (χ2n) is 4.57. The predicted molar refractivity (Wildman–Crippen MR) is 77.0 cm³/mol. The SMILES string of the molecule is Cc1ccc(I2CC2)cc1NCC(C)C. The summed E-state index contributed by atoms with van der Waals surface area (Å²) in [6.07, 6.45) is 0. The van der Waals surface area contributed by atoms with Crippen LogP contribution in [0.2, 0.25) is 0 Å². The average molecular weight is 317 g/mol. The van der Waals surface area contributed by atoms with E-state index >= 15 is 0 Å². The van der Waals surface area contributed by atoms with E-state index in [9.17, 15) is 0 Å². The Kier molecular flexibility index (Phi) is 3.54. The molecule has 1 heterocycles. The summed E-state index contributed by atoms with van der Waals surface area (Å²) in [5.74, 6) is 0.716. The quantitative estimate of drug-likeness (QED) is 0.659. The second kappa shape index (κ2) is 4.73. The maximum atomic E-state index is 3.56. The summed E-state index contributed by atoms with van der Waals surface area (Å²) in [6, 6.07) is 7.05. The van der Waals surface area contributed by atoms with Gasteiger partial charge in [0.1, 0.15) is 0 Å². The van der Waals surface area contributed by atoms with E-state index in [4.69, 9.17) is 0 Å². The number of anilines is 1. The fourth-order valence-corrected chi connectivity index (χ4v) is 5.78. The van der Waals surface area contributed by atoms with Crippen LogP contribution in [0.5, 0.6) is 0 Å². The van der Waals surface area contributed by atoms with Crippen LogP contribution in [0, 0.1) is 16.4 Å². The molecule has 1 aliphatic heterocycles. The molecule has 0 atom stereocenters. The summed E-state index contributed by atoms with van der Waals surface area (Å²) in [5, 5.41) is 3.56. The molecule has 0 spiro atoms. The molecule has 0 bridgehead atoms. The third-order valence-corrected chi connectivity index (χ3v) is 7.18. The minimum absolute atomic E-state index is 0.580. The normalized spacial score (nSPS) is 16.9. The number of halogens is 1. The van der Waals surface area contributed by atoms with Gasteiger partial charge >= 0.3 is 100 Å². The molecule has 1 fully saturated rings. The van der Waals surface area contributed by atoms with Gasteiger partial charge in [-0.2, -0.15) is 0 Å². The Morgan fingerprint density at radius 1 is 1.33 bits per heavy atom. The van der Waals surface area contributed by atoms with E-state index in [1.54, 1.807) is 3.57 Å². The number of aryl methyl sites for hydroxylation is 1. The molecule has 1 aliphatic rings. The molecule has 1 N–H and O–H groups in total. The molecule has 1 saturated heterocycles. The Hall–Kier alpha value is -0.250. The Morgan fingerprint density at radius 3 is 2.67 bits per heavy atom. The second-order valence-corrected chi connectivity index (χ2v) is 10.6. The van der Waals surface area contributed by atoms with Crippen LogP contribution in [-0.4, -0.2) is 15.4 Å². The van der Waals surface area contributed by atoms with Crippen molar-refractivity contribution in [2.24, 2.45) is 5.92 Å². The van der Waals surface area contributed by atoms with E-state index in [0.29, 0.717) is 5.92 Å². The molecule has 1 nitrogen and oxygen atoms in total. The fourth-order valence-electron chi connectivity index (χ4n) is 1.52. The van der Waals surface area contributed by atoms with Crippen molar-refractivity contribution in [3.05, 3.63) is 27.3 Å². The summed E-state index contributed by atoms with van der Waals surface area (Å²) in [6.45, 7) is 7.79. The summed E-state index contributed by atoms with van der Waals surface area (Å²) in [7, 11) is 0. The Labute approximate surface area is 100 Å². The topological polar surface area (TPSA) is 12.0 Å². The molecular formula is C13H20IN. The van der Waals surface area contributed by atoms with Crippen molar-refractivity contribution in [1.29, 1.82) is 0 Å². The van der Waals surface area contributed by atoms with E-state index in [1.165, 1.54) is 20.1 Å². The number of benzene rings is 1. The van der Waals surface area contributed by atoms with Gasteiger partial charge in [-0.25, -0.2) is 0 Å². The van der Waals surface area contributed by atoms with Gasteiger partial charge in [0.15, 0.2) is 0 Å². The van der Waals surface area contributed by atoms with Crippen LogP contribution in [0.4, 0.5) is 5.69 Å². The Bertz CT molecular complexity index is 342. The van der Waals surface area contributed by atoms with E-state index in [2.05, 4.69) is 44.3 Å². The van der Waals surface area contributed by atoms with Crippen molar-refractivity contribution < 1.29 is 0 Å². The number of nitrogens with one attached hydrogen (secondary N) is 1. The van der Waals surface area contributed by atoms with Crippen LogP contribution in [0.3, 0.4) is 0 Å². The van der Waals surface area contributed by atoms with Crippen LogP contribution in [-0.2, 0) is 0 Å². The monoisotopic (exact) mass is 317 g/mol. The first-order chi connectivity index (χ1) is 7.16. The minimum atomic E-state index is -0.580. The predicted octanol–water partition coefficient (Wildman–Crippen LogP) is 3.75. The maximum absolute atomic E-state index is 3.56. The molecule has 2 heteroatoms. The molecule has 0 unspecified atom stereocenters. The molecule has 0 amide bonds. The molecule has 1 aromatic carbocycles. The zero-order valence-electron chi connectivity index (χ0n) is 9.81. The molecule has 84 valence electrons. The number of hydrogen-bond acceptors (Lipinski definition) is 1. The van der Waals surface area contributed by atoms with Crippen molar-refractivity contribution in [3.63, 3.8) is 0 Å². The van der Waals surface area contributed by atoms with Crippen molar-refractivity contribution in [1.82, 2.24) is 0 Å². The zero-order chi connectivity index (χ0) is 10.8. The first-order valence-electron chi connectivity index (χ1n) is 5.63. The summed E-state index contributed by atoms with van der Waals surface area (Å²) >= 11 is -0.580. The van der Waals surface area contributed by atoms with Gasteiger partial charge in [-0.15, -0.1) is 0 Å². The van der Waals surface area contributed by atoms with Gasteiger partial charge in [-0.05, 0) is 0 Å². The Balaban J connectivity index is 2.09. The van der Waals surface area contributed by atoms with Crippen LogP contribution < -0.4 is 5.32 Å². The van der Waals surface area contributed by atoms with Gasteiger partial charge in [-0.3, -0.25) is 0 Å². The van der Waals surface area contributed by atoms with Crippen LogP contribution >= 0.6 is 19.8 Å². The molecule has 15 heavy (non-hydrogen) atoms.